The van der Waals surface area contributed by atoms with Gasteiger partial charge in [0.05, 0.1) is 18.9 Å². The Labute approximate surface area is 165 Å². The second-order valence-electron chi connectivity index (χ2n) is 7.43. The van der Waals surface area contributed by atoms with Crippen LogP contribution in [-0.4, -0.2) is 44.4 Å². The van der Waals surface area contributed by atoms with Crippen LogP contribution in [0.25, 0.3) is 11.3 Å². The molecule has 0 bridgehead atoms. The maximum atomic E-state index is 5.86. The standard InChI is InChI=1S/C21H29N3O2S/c1-25-13-11-22-16-8-6-15(7-9-16)14-23-21-24-20-17-4-2-3-5-18(17)26-12-10-19(20)27-21/h2-5,15-16,22H,6-14H2,1H3,(H,23,24). The molecule has 0 radical (unpaired) electrons. The maximum absolute atomic E-state index is 5.86. The summed E-state index contributed by atoms with van der Waals surface area (Å²) in [6.07, 6.45) is 6.00. The first-order chi connectivity index (χ1) is 13.3. The molecule has 2 aromatic rings. The normalized spacial score (nSPS) is 21.7. The predicted molar refractivity (Wildman–Crippen MR) is 111 cm³/mol. The van der Waals surface area contributed by atoms with Crippen molar-refractivity contribution < 1.29 is 9.47 Å². The van der Waals surface area contributed by atoms with E-state index in [2.05, 4.69) is 22.8 Å². The van der Waals surface area contributed by atoms with Crippen molar-refractivity contribution in [2.45, 2.75) is 38.1 Å². The van der Waals surface area contributed by atoms with Gasteiger partial charge in [-0.1, -0.05) is 12.1 Å². The molecule has 0 saturated heterocycles. The molecule has 27 heavy (non-hydrogen) atoms. The van der Waals surface area contributed by atoms with Crippen LogP contribution in [0, 0.1) is 5.92 Å². The third-order valence-corrected chi connectivity index (χ3v) is 6.63. The first kappa shape index (κ1) is 18.7. The Morgan fingerprint density at radius 2 is 2.07 bits per heavy atom. The fourth-order valence-corrected chi connectivity index (χ4v) is 4.98. The molecule has 1 aromatic carbocycles. The van der Waals surface area contributed by atoms with Gasteiger partial charge in [-0.25, -0.2) is 4.98 Å². The lowest BCUT2D eigenvalue weighted by Crippen LogP contribution is -2.36. The molecule has 2 heterocycles. The molecule has 1 aliphatic carbocycles. The van der Waals surface area contributed by atoms with Gasteiger partial charge in [-0.2, -0.15) is 0 Å². The van der Waals surface area contributed by atoms with Gasteiger partial charge in [-0.15, -0.1) is 11.3 Å². The van der Waals surface area contributed by atoms with E-state index in [1.54, 1.807) is 18.4 Å². The lowest BCUT2D eigenvalue weighted by molar-refractivity contribution is 0.189. The number of thiazole rings is 1. The Kier molecular flexibility index (Phi) is 6.27. The van der Waals surface area contributed by atoms with Crippen molar-refractivity contribution in [3.8, 4) is 17.0 Å². The average molecular weight is 388 g/mol. The van der Waals surface area contributed by atoms with Gasteiger partial charge in [0, 0.05) is 43.1 Å². The lowest BCUT2D eigenvalue weighted by atomic mass is 9.86. The first-order valence-electron chi connectivity index (χ1n) is 10.0. The molecule has 1 fully saturated rings. The SMILES string of the molecule is COCCNC1CCC(CNc2nc3c(s2)CCOc2ccccc2-3)CC1. The van der Waals surface area contributed by atoms with Crippen LogP contribution in [0.4, 0.5) is 5.13 Å². The molecule has 2 aliphatic rings. The summed E-state index contributed by atoms with van der Waals surface area (Å²) in [7, 11) is 1.76. The highest BCUT2D eigenvalue weighted by Gasteiger charge is 2.22. The zero-order chi connectivity index (χ0) is 18.5. The highest BCUT2D eigenvalue weighted by molar-refractivity contribution is 7.16. The van der Waals surface area contributed by atoms with E-state index in [4.69, 9.17) is 14.5 Å². The molecule has 1 saturated carbocycles. The summed E-state index contributed by atoms with van der Waals surface area (Å²) < 4.78 is 11.0. The van der Waals surface area contributed by atoms with Gasteiger partial charge in [0.2, 0.25) is 0 Å². The second kappa shape index (κ2) is 9.04. The number of ether oxygens (including phenoxy) is 2. The Hall–Kier alpha value is -1.63. The molecule has 2 N–H and O–H groups in total. The van der Waals surface area contributed by atoms with Crippen LogP contribution >= 0.6 is 11.3 Å². The molecule has 0 amide bonds. The van der Waals surface area contributed by atoms with E-state index in [0.29, 0.717) is 6.04 Å². The minimum Gasteiger partial charge on any atom is -0.493 e. The molecule has 0 atom stereocenters. The molecule has 5 nitrogen and oxygen atoms in total. The summed E-state index contributed by atoms with van der Waals surface area (Å²) in [4.78, 5) is 6.23. The first-order valence-corrected chi connectivity index (χ1v) is 10.8. The molecular weight excluding hydrogens is 358 g/mol. The van der Waals surface area contributed by atoms with Crippen molar-refractivity contribution in [3.63, 3.8) is 0 Å². The molecule has 1 aliphatic heterocycles. The average Bonchev–Trinajstić information content (AvgIpc) is 3.03. The number of rotatable bonds is 7. The van der Waals surface area contributed by atoms with Gasteiger partial charge in [-0.3, -0.25) is 0 Å². The van der Waals surface area contributed by atoms with Gasteiger partial charge in [0.1, 0.15) is 5.75 Å². The van der Waals surface area contributed by atoms with Gasteiger partial charge in [-0.05, 0) is 43.7 Å². The van der Waals surface area contributed by atoms with Crippen molar-refractivity contribution in [1.29, 1.82) is 0 Å². The fraction of sp³-hybridized carbons (Fsp3) is 0.571. The number of anilines is 1. The van der Waals surface area contributed by atoms with Crippen LogP contribution in [0.1, 0.15) is 30.6 Å². The Balaban J connectivity index is 1.31. The molecule has 0 unspecified atom stereocenters. The van der Waals surface area contributed by atoms with Crippen LogP contribution in [0.15, 0.2) is 24.3 Å². The van der Waals surface area contributed by atoms with Crippen molar-refractivity contribution in [3.05, 3.63) is 29.1 Å². The van der Waals surface area contributed by atoms with E-state index in [1.807, 2.05) is 12.1 Å². The summed E-state index contributed by atoms with van der Waals surface area (Å²) in [5.41, 5.74) is 2.22. The number of hydrogen-bond donors (Lipinski definition) is 2. The highest BCUT2D eigenvalue weighted by atomic mass is 32.1. The molecular formula is C21H29N3O2S. The van der Waals surface area contributed by atoms with Crippen LogP contribution in [0.5, 0.6) is 5.75 Å². The minimum atomic E-state index is 0.656. The number of methoxy groups -OCH3 is 1. The summed E-state index contributed by atoms with van der Waals surface area (Å²) in [6, 6.07) is 8.89. The summed E-state index contributed by atoms with van der Waals surface area (Å²) in [6.45, 7) is 3.51. The Morgan fingerprint density at radius 1 is 1.22 bits per heavy atom. The van der Waals surface area contributed by atoms with Crippen LogP contribution in [-0.2, 0) is 11.2 Å². The topological polar surface area (TPSA) is 55.4 Å². The quantitative estimate of drug-likeness (QED) is 0.705. The molecule has 146 valence electrons. The number of para-hydroxylation sites is 1. The van der Waals surface area contributed by atoms with Gasteiger partial charge in [0.15, 0.2) is 5.13 Å². The number of aromatic nitrogens is 1. The number of nitrogens with zero attached hydrogens (tertiary/aromatic N) is 1. The monoisotopic (exact) mass is 387 g/mol. The predicted octanol–water partition coefficient (Wildman–Crippen LogP) is 3.95. The van der Waals surface area contributed by atoms with Gasteiger partial charge >= 0.3 is 0 Å². The van der Waals surface area contributed by atoms with Crippen LogP contribution < -0.4 is 15.4 Å². The van der Waals surface area contributed by atoms with Crippen molar-refractivity contribution in [2.24, 2.45) is 5.92 Å². The summed E-state index contributed by atoms with van der Waals surface area (Å²) in [5, 5.41) is 8.27. The number of fused-ring (bicyclic) bond motifs is 3. The van der Waals surface area contributed by atoms with Crippen LogP contribution in [0.2, 0.25) is 0 Å². The van der Waals surface area contributed by atoms with E-state index >= 15 is 0 Å². The zero-order valence-electron chi connectivity index (χ0n) is 16.0. The van der Waals surface area contributed by atoms with Gasteiger partial charge < -0.3 is 20.1 Å². The van der Waals surface area contributed by atoms with E-state index in [-0.39, 0.29) is 0 Å². The molecule has 6 heteroatoms. The largest absolute Gasteiger partial charge is 0.493 e. The third kappa shape index (κ3) is 4.62. The van der Waals surface area contributed by atoms with E-state index < -0.39 is 0 Å². The minimum absolute atomic E-state index is 0.656. The summed E-state index contributed by atoms with van der Waals surface area (Å²) >= 11 is 1.79. The van der Waals surface area contributed by atoms with Gasteiger partial charge in [0.25, 0.3) is 0 Å². The Morgan fingerprint density at radius 3 is 2.93 bits per heavy atom. The maximum Gasteiger partial charge on any atom is 0.183 e. The molecule has 4 rings (SSSR count). The number of hydrogen-bond acceptors (Lipinski definition) is 6. The van der Waals surface area contributed by atoms with Crippen LogP contribution in [0.3, 0.4) is 0 Å². The van der Waals surface area contributed by atoms with Crippen molar-refractivity contribution in [1.82, 2.24) is 10.3 Å². The third-order valence-electron chi connectivity index (χ3n) is 5.55. The molecule has 1 aromatic heterocycles. The van der Waals surface area contributed by atoms with E-state index in [0.717, 1.165) is 60.8 Å². The molecule has 0 spiro atoms. The lowest BCUT2D eigenvalue weighted by Gasteiger charge is -2.29. The zero-order valence-corrected chi connectivity index (χ0v) is 16.8. The number of nitrogens with one attached hydrogen (secondary N) is 2. The van der Waals surface area contributed by atoms with Crippen molar-refractivity contribution >= 4 is 16.5 Å². The second-order valence-corrected chi connectivity index (χ2v) is 8.51. The van der Waals surface area contributed by atoms with E-state index in [9.17, 15) is 0 Å². The van der Waals surface area contributed by atoms with E-state index in [1.165, 1.54) is 30.6 Å². The van der Waals surface area contributed by atoms with Crippen molar-refractivity contribution in [2.75, 3.05) is 38.7 Å². The fourth-order valence-electron chi connectivity index (χ4n) is 4.02. The number of benzene rings is 1. The Bertz CT molecular complexity index is 741. The smallest absolute Gasteiger partial charge is 0.183 e. The summed E-state index contributed by atoms with van der Waals surface area (Å²) in [5.74, 6) is 1.69. The highest BCUT2D eigenvalue weighted by Crippen LogP contribution is 2.39.